The Hall–Kier alpha value is -6.31. The third kappa shape index (κ3) is 6.63. The number of nitrogens with one attached hydrogen (secondary N) is 2. The number of amides is 5. The molecule has 4 aromatic rings. The molecule has 0 spiro atoms. The number of fused-ring (bicyclic) bond motifs is 1. The third-order valence-electron chi connectivity index (χ3n) is 7.92. The van der Waals surface area contributed by atoms with E-state index in [4.69, 9.17) is 15.2 Å². The van der Waals surface area contributed by atoms with Crippen molar-refractivity contribution in [1.82, 2.24) is 25.7 Å². The molecule has 14 nitrogen and oxygen atoms in total. The van der Waals surface area contributed by atoms with E-state index in [2.05, 4.69) is 20.8 Å². The highest BCUT2D eigenvalue weighted by molar-refractivity contribution is 6.24. The van der Waals surface area contributed by atoms with Gasteiger partial charge in [-0.1, -0.05) is 42.5 Å². The first-order valence-electron chi connectivity index (χ1n) is 15.1. The highest BCUT2D eigenvalue weighted by Crippen LogP contribution is 2.34. The van der Waals surface area contributed by atoms with Crippen molar-refractivity contribution in [3.05, 3.63) is 95.1 Å². The van der Waals surface area contributed by atoms with Crippen molar-refractivity contribution in [2.24, 2.45) is 0 Å². The molecule has 0 bridgehead atoms. The largest absolute Gasteiger partial charge is 0.507 e. The lowest BCUT2D eigenvalue weighted by molar-refractivity contribution is -0.136. The summed E-state index contributed by atoms with van der Waals surface area (Å²) in [6, 6.07) is 19.3. The van der Waals surface area contributed by atoms with Gasteiger partial charge in [0.25, 0.3) is 17.7 Å². The number of imide groups is 2. The summed E-state index contributed by atoms with van der Waals surface area (Å²) in [6.07, 6.45) is 0.607. The summed E-state index contributed by atoms with van der Waals surface area (Å²) in [5.41, 5.74) is 8.73. The van der Waals surface area contributed by atoms with Crippen LogP contribution in [0, 0.1) is 0 Å². The minimum atomic E-state index is -1.10. The predicted molar refractivity (Wildman–Crippen MR) is 170 cm³/mol. The number of hydrogen-bond donors (Lipinski definition) is 4. The molecule has 1 unspecified atom stereocenters. The molecule has 6 rings (SSSR count). The van der Waals surface area contributed by atoms with Crippen LogP contribution < -0.4 is 25.8 Å². The monoisotopic (exact) mass is 650 g/mol. The highest BCUT2D eigenvalue weighted by atomic mass is 16.5. The van der Waals surface area contributed by atoms with Crippen LogP contribution in [-0.2, 0) is 27.3 Å². The van der Waals surface area contributed by atoms with Gasteiger partial charge in [-0.2, -0.15) is 0 Å². The zero-order valence-electron chi connectivity index (χ0n) is 25.5. The molecule has 14 heteroatoms. The number of rotatable bonds is 11. The fourth-order valence-corrected chi connectivity index (χ4v) is 5.42. The molecule has 5 N–H and O–H groups in total. The van der Waals surface area contributed by atoms with E-state index in [0.29, 0.717) is 30.0 Å². The van der Waals surface area contributed by atoms with E-state index in [9.17, 15) is 29.1 Å². The van der Waals surface area contributed by atoms with Crippen LogP contribution in [0.1, 0.15) is 44.7 Å². The van der Waals surface area contributed by atoms with Crippen LogP contribution in [0.5, 0.6) is 17.2 Å². The third-order valence-corrected chi connectivity index (χ3v) is 7.92. The van der Waals surface area contributed by atoms with Crippen molar-refractivity contribution >= 4 is 35.4 Å². The molecule has 0 saturated carbocycles. The summed E-state index contributed by atoms with van der Waals surface area (Å²) in [5, 5.41) is 23.0. The van der Waals surface area contributed by atoms with E-state index in [1.165, 1.54) is 18.2 Å². The molecule has 1 atom stereocenters. The van der Waals surface area contributed by atoms with Gasteiger partial charge in [-0.05, 0) is 41.8 Å². The van der Waals surface area contributed by atoms with Gasteiger partial charge < -0.3 is 25.6 Å². The zero-order valence-corrected chi connectivity index (χ0v) is 25.5. The van der Waals surface area contributed by atoms with Crippen LogP contribution in [0.25, 0.3) is 11.3 Å². The number of aromatic hydroxyl groups is 1. The number of benzene rings is 3. The van der Waals surface area contributed by atoms with Crippen LogP contribution in [0.3, 0.4) is 0 Å². The smallest absolute Gasteiger partial charge is 0.266 e. The fourth-order valence-electron chi connectivity index (χ4n) is 5.42. The number of anilines is 1. The van der Waals surface area contributed by atoms with Crippen molar-refractivity contribution in [1.29, 1.82) is 0 Å². The number of para-hydroxylation sites is 1. The van der Waals surface area contributed by atoms with Crippen molar-refractivity contribution in [2.75, 3.05) is 18.9 Å². The molecular weight excluding hydrogens is 620 g/mol. The summed E-state index contributed by atoms with van der Waals surface area (Å²) in [4.78, 5) is 63.5. The maximum Gasteiger partial charge on any atom is 0.266 e. The summed E-state index contributed by atoms with van der Waals surface area (Å²) < 4.78 is 11.5. The van der Waals surface area contributed by atoms with Gasteiger partial charge in [0.05, 0.1) is 17.7 Å². The van der Waals surface area contributed by atoms with Crippen LogP contribution in [0.2, 0.25) is 0 Å². The average molecular weight is 651 g/mol. The van der Waals surface area contributed by atoms with Gasteiger partial charge in [0.15, 0.2) is 18.2 Å². The Morgan fingerprint density at radius 3 is 2.44 bits per heavy atom. The SMILES string of the molecule is Nc1nnc(-c2ccccc2O)cc1OCCc1ccc(CNC(=O)COc2cccc3c2C(=O)N(C2CCC(=O)NC2=O)C3=O)cc1. The number of nitrogens with zero attached hydrogens (tertiary/aromatic N) is 3. The number of aromatic nitrogens is 2. The maximum absolute atomic E-state index is 13.2. The molecule has 0 radical (unpaired) electrons. The topological polar surface area (TPSA) is 203 Å². The molecule has 2 aliphatic heterocycles. The zero-order chi connectivity index (χ0) is 33.8. The Morgan fingerprint density at radius 2 is 1.67 bits per heavy atom. The number of phenolic OH excluding ortho intramolecular Hbond substituents is 1. The molecule has 244 valence electrons. The van der Waals surface area contributed by atoms with Crippen molar-refractivity contribution in [3.63, 3.8) is 0 Å². The molecule has 0 aliphatic carbocycles. The van der Waals surface area contributed by atoms with Gasteiger partial charge in [0.1, 0.15) is 23.2 Å². The molecule has 48 heavy (non-hydrogen) atoms. The molecule has 1 saturated heterocycles. The van der Waals surface area contributed by atoms with E-state index in [1.54, 1.807) is 30.3 Å². The quantitative estimate of drug-likeness (QED) is 0.173. The number of phenols is 1. The summed E-state index contributed by atoms with van der Waals surface area (Å²) in [6.45, 7) is 0.122. The Labute approximate surface area is 273 Å². The maximum atomic E-state index is 13.2. The van der Waals surface area contributed by atoms with Gasteiger partial charge in [-0.3, -0.25) is 34.2 Å². The number of piperidine rings is 1. The standard InChI is InChI=1S/C34H30N6O8/c35-31-27(16-23(38-39-31)21-4-1-2-6-25(21)41)47-15-14-19-8-10-20(11-9-19)17-36-29(43)18-48-26-7-3-5-22-30(26)34(46)40(33(22)45)24-12-13-28(42)37-32(24)44/h1-11,16,24,41H,12-15,17-18H2,(H2,35,39)(H,36,43)(H,37,42,44). The number of carbonyl (C=O) groups is 5. The number of ether oxygens (including phenoxy) is 2. The predicted octanol–water partition coefficient (Wildman–Crippen LogP) is 2.15. The Bertz CT molecular complexity index is 1930. The van der Waals surface area contributed by atoms with Crippen molar-refractivity contribution < 1.29 is 38.6 Å². The lowest BCUT2D eigenvalue weighted by Gasteiger charge is -2.27. The summed E-state index contributed by atoms with van der Waals surface area (Å²) >= 11 is 0. The van der Waals surface area contributed by atoms with Gasteiger partial charge in [0.2, 0.25) is 11.8 Å². The molecule has 1 aromatic heterocycles. The van der Waals surface area contributed by atoms with E-state index in [-0.39, 0.29) is 47.8 Å². The molecular formula is C34H30N6O8. The number of nitrogens with two attached hydrogens (primary N) is 1. The summed E-state index contributed by atoms with van der Waals surface area (Å²) in [5.74, 6) is -2.40. The Kier molecular flexibility index (Phi) is 8.96. The van der Waals surface area contributed by atoms with Crippen LogP contribution in [-0.4, -0.2) is 69.0 Å². The first kappa shape index (κ1) is 31.7. The van der Waals surface area contributed by atoms with Gasteiger partial charge in [-0.25, -0.2) is 0 Å². The minimum absolute atomic E-state index is 0.00784. The van der Waals surface area contributed by atoms with Crippen molar-refractivity contribution in [3.8, 4) is 28.5 Å². The fraction of sp³-hybridized carbons (Fsp3) is 0.206. The van der Waals surface area contributed by atoms with Crippen LogP contribution >= 0.6 is 0 Å². The summed E-state index contributed by atoms with van der Waals surface area (Å²) in [7, 11) is 0. The van der Waals surface area contributed by atoms with E-state index < -0.39 is 42.2 Å². The number of nitrogen functional groups attached to an aromatic ring is 1. The van der Waals surface area contributed by atoms with Crippen molar-refractivity contribution in [2.45, 2.75) is 31.8 Å². The van der Waals surface area contributed by atoms with Crippen LogP contribution in [0.15, 0.2) is 72.8 Å². The van der Waals surface area contributed by atoms with E-state index >= 15 is 0 Å². The van der Waals surface area contributed by atoms with Crippen LogP contribution in [0.4, 0.5) is 5.82 Å². The van der Waals surface area contributed by atoms with E-state index in [0.717, 1.165) is 16.0 Å². The number of carbonyl (C=O) groups excluding carboxylic acids is 5. The first-order chi connectivity index (χ1) is 23.2. The normalized spacial score (nSPS) is 15.6. The average Bonchev–Trinajstić information content (AvgIpc) is 3.34. The second-order valence-electron chi connectivity index (χ2n) is 11.1. The molecule has 1 fully saturated rings. The number of hydrogen-bond acceptors (Lipinski definition) is 11. The van der Waals surface area contributed by atoms with Gasteiger partial charge in [0, 0.05) is 31.0 Å². The van der Waals surface area contributed by atoms with Gasteiger partial charge >= 0.3 is 0 Å². The van der Waals surface area contributed by atoms with E-state index in [1.807, 2.05) is 24.3 Å². The second-order valence-corrected chi connectivity index (χ2v) is 11.1. The minimum Gasteiger partial charge on any atom is -0.507 e. The lowest BCUT2D eigenvalue weighted by atomic mass is 10.0. The molecule has 3 aromatic carbocycles. The Morgan fingerprint density at radius 1 is 0.917 bits per heavy atom. The highest BCUT2D eigenvalue weighted by Gasteiger charge is 2.46. The Balaban J connectivity index is 0.984. The lowest BCUT2D eigenvalue weighted by Crippen LogP contribution is -2.54. The molecule has 2 aliphatic rings. The first-order valence-corrected chi connectivity index (χ1v) is 15.1. The molecule has 3 heterocycles. The van der Waals surface area contributed by atoms with Gasteiger partial charge in [-0.15, -0.1) is 10.2 Å². The molecule has 5 amide bonds. The second kappa shape index (κ2) is 13.6.